The Bertz CT molecular complexity index is 240. The lowest BCUT2D eigenvalue weighted by Crippen LogP contribution is -2.59. The third-order valence-electron chi connectivity index (χ3n) is 3.75. The maximum absolute atomic E-state index is 5.72. The minimum absolute atomic E-state index is 0.434. The third kappa shape index (κ3) is 1.98. The van der Waals surface area contributed by atoms with Gasteiger partial charge in [0.2, 0.25) is 0 Å². The molecule has 0 aromatic carbocycles. The number of likely N-dealkylation sites (N-methyl/N-ethyl adjacent to an activating group) is 1. The number of piperazine rings is 1. The highest BCUT2D eigenvalue weighted by Crippen LogP contribution is 2.34. The second kappa shape index (κ2) is 4.23. The van der Waals surface area contributed by atoms with E-state index in [0.29, 0.717) is 12.0 Å². The van der Waals surface area contributed by atoms with Crippen LogP contribution in [0.25, 0.3) is 0 Å². The highest BCUT2D eigenvalue weighted by atomic mass is 16.9. The quantitative estimate of drug-likeness (QED) is 0.698. The van der Waals surface area contributed by atoms with E-state index in [0.717, 1.165) is 45.9 Å². The lowest BCUT2D eigenvalue weighted by atomic mass is 10.1. The second-order valence-electron chi connectivity index (χ2n) is 5.02. The van der Waals surface area contributed by atoms with Gasteiger partial charge in [0.05, 0.1) is 19.8 Å². The molecule has 4 fully saturated rings. The van der Waals surface area contributed by atoms with Gasteiger partial charge in [0.15, 0.2) is 0 Å². The first-order chi connectivity index (χ1) is 7.77. The van der Waals surface area contributed by atoms with Crippen LogP contribution < -0.4 is 5.32 Å². The van der Waals surface area contributed by atoms with E-state index in [4.69, 9.17) is 14.2 Å². The normalized spacial score (nSPS) is 44.8. The molecule has 92 valence electrons. The number of rotatable bonds is 2. The second-order valence-corrected chi connectivity index (χ2v) is 5.02. The van der Waals surface area contributed by atoms with Gasteiger partial charge in [0.25, 0.3) is 5.97 Å². The van der Waals surface area contributed by atoms with Gasteiger partial charge in [-0.3, -0.25) is 0 Å². The maximum Gasteiger partial charge on any atom is 0.284 e. The molecule has 4 heterocycles. The van der Waals surface area contributed by atoms with Crippen molar-refractivity contribution in [2.24, 2.45) is 5.92 Å². The maximum atomic E-state index is 5.72. The summed E-state index contributed by atoms with van der Waals surface area (Å²) >= 11 is 0. The van der Waals surface area contributed by atoms with E-state index in [2.05, 4.69) is 17.3 Å². The molecule has 4 aliphatic heterocycles. The van der Waals surface area contributed by atoms with E-state index >= 15 is 0 Å². The number of hydrogen-bond donors (Lipinski definition) is 1. The third-order valence-corrected chi connectivity index (χ3v) is 3.75. The molecular weight excluding hydrogens is 208 g/mol. The molecule has 4 rings (SSSR count). The highest BCUT2D eigenvalue weighted by Gasteiger charge is 2.46. The van der Waals surface area contributed by atoms with Crippen molar-refractivity contribution in [2.45, 2.75) is 18.4 Å². The van der Waals surface area contributed by atoms with E-state index in [1.54, 1.807) is 0 Å². The first-order valence-corrected chi connectivity index (χ1v) is 6.10. The molecule has 4 aliphatic rings. The van der Waals surface area contributed by atoms with E-state index in [9.17, 15) is 0 Å². The van der Waals surface area contributed by atoms with Crippen molar-refractivity contribution in [3.8, 4) is 0 Å². The summed E-state index contributed by atoms with van der Waals surface area (Å²) in [7, 11) is 2.15. The van der Waals surface area contributed by atoms with Crippen LogP contribution in [0, 0.1) is 5.92 Å². The summed E-state index contributed by atoms with van der Waals surface area (Å²) in [5.41, 5.74) is 0. The van der Waals surface area contributed by atoms with E-state index in [1.165, 1.54) is 0 Å². The molecular formula is C11H20N2O3. The van der Waals surface area contributed by atoms with Gasteiger partial charge in [0, 0.05) is 38.0 Å². The van der Waals surface area contributed by atoms with Crippen molar-refractivity contribution < 1.29 is 14.2 Å². The minimum atomic E-state index is -0.757. The van der Waals surface area contributed by atoms with Crippen LogP contribution in [0.4, 0.5) is 0 Å². The monoisotopic (exact) mass is 228 g/mol. The lowest BCUT2D eigenvalue weighted by molar-refractivity contribution is -0.452. The fourth-order valence-corrected chi connectivity index (χ4v) is 2.56. The molecule has 4 saturated heterocycles. The summed E-state index contributed by atoms with van der Waals surface area (Å²) in [5, 5.41) is 3.40. The highest BCUT2D eigenvalue weighted by molar-refractivity contribution is 4.84. The molecule has 1 atom stereocenters. The zero-order chi connectivity index (χ0) is 11.0. The molecule has 0 amide bonds. The van der Waals surface area contributed by atoms with Crippen LogP contribution in [0.3, 0.4) is 0 Å². The summed E-state index contributed by atoms with van der Waals surface area (Å²) < 4.78 is 17.2. The van der Waals surface area contributed by atoms with Crippen molar-refractivity contribution in [1.29, 1.82) is 0 Å². The Morgan fingerprint density at radius 3 is 2.56 bits per heavy atom. The van der Waals surface area contributed by atoms with Crippen molar-refractivity contribution in [1.82, 2.24) is 10.2 Å². The topological polar surface area (TPSA) is 43.0 Å². The van der Waals surface area contributed by atoms with Crippen LogP contribution >= 0.6 is 0 Å². The summed E-state index contributed by atoms with van der Waals surface area (Å²) in [5.74, 6) is -0.323. The summed E-state index contributed by atoms with van der Waals surface area (Å²) in [4.78, 5) is 2.35. The smallest absolute Gasteiger partial charge is 0.284 e. The predicted molar refractivity (Wildman–Crippen MR) is 58.0 cm³/mol. The predicted octanol–water partition coefficient (Wildman–Crippen LogP) is -0.373. The largest absolute Gasteiger partial charge is 0.327 e. The summed E-state index contributed by atoms with van der Waals surface area (Å²) in [6.07, 6.45) is 0.795. The Morgan fingerprint density at radius 2 is 1.94 bits per heavy atom. The van der Waals surface area contributed by atoms with Crippen LogP contribution in [0.1, 0.15) is 6.42 Å². The van der Waals surface area contributed by atoms with E-state index in [1.807, 2.05) is 0 Å². The molecule has 5 heteroatoms. The van der Waals surface area contributed by atoms with Crippen molar-refractivity contribution >= 4 is 0 Å². The SMILES string of the molecule is CN1CCNCC1CC12OCC(CO1)CO2. The summed E-state index contributed by atoms with van der Waals surface area (Å²) in [6.45, 7) is 5.46. The Balaban J connectivity index is 1.63. The van der Waals surface area contributed by atoms with Crippen molar-refractivity contribution in [3.05, 3.63) is 0 Å². The number of nitrogens with one attached hydrogen (secondary N) is 1. The average molecular weight is 228 g/mol. The first kappa shape index (κ1) is 10.9. The molecule has 0 saturated carbocycles. The van der Waals surface area contributed by atoms with Crippen LogP contribution in [-0.4, -0.2) is 63.4 Å². The lowest BCUT2D eigenvalue weighted by Gasteiger charge is -2.48. The van der Waals surface area contributed by atoms with E-state index in [-0.39, 0.29) is 0 Å². The van der Waals surface area contributed by atoms with Gasteiger partial charge in [-0.15, -0.1) is 0 Å². The molecule has 0 aromatic rings. The van der Waals surface area contributed by atoms with Crippen LogP contribution in [0.2, 0.25) is 0 Å². The van der Waals surface area contributed by atoms with Gasteiger partial charge in [-0.05, 0) is 7.05 Å². The Labute approximate surface area is 96.0 Å². The number of nitrogens with zero attached hydrogens (tertiary/aromatic N) is 1. The van der Waals surface area contributed by atoms with Gasteiger partial charge >= 0.3 is 0 Å². The fraction of sp³-hybridized carbons (Fsp3) is 1.00. The minimum Gasteiger partial charge on any atom is -0.327 e. The van der Waals surface area contributed by atoms with Crippen LogP contribution in [0.5, 0.6) is 0 Å². The molecule has 2 bridgehead atoms. The Hall–Kier alpha value is -0.200. The molecule has 0 aromatic heterocycles. The first-order valence-electron chi connectivity index (χ1n) is 6.10. The number of ether oxygens (including phenoxy) is 3. The molecule has 16 heavy (non-hydrogen) atoms. The van der Waals surface area contributed by atoms with Gasteiger partial charge in [-0.1, -0.05) is 0 Å². The Kier molecular flexibility index (Phi) is 2.89. The summed E-state index contributed by atoms with van der Waals surface area (Å²) in [6, 6.07) is 0.434. The molecule has 1 N–H and O–H groups in total. The molecule has 0 aliphatic carbocycles. The molecule has 1 unspecified atom stereocenters. The zero-order valence-electron chi connectivity index (χ0n) is 9.78. The van der Waals surface area contributed by atoms with Gasteiger partial charge < -0.3 is 24.4 Å². The van der Waals surface area contributed by atoms with Crippen LogP contribution in [-0.2, 0) is 14.2 Å². The molecule has 0 radical (unpaired) electrons. The van der Waals surface area contributed by atoms with Crippen LogP contribution in [0.15, 0.2) is 0 Å². The van der Waals surface area contributed by atoms with Gasteiger partial charge in [-0.2, -0.15) is 0 Å². The van der Waals surface area contributed by atoms with Gasteiger partial charge in [-0.25, -0.2) is 0 Å². The standard InChI is InChI=1S/C11H20N2O3/c1-13-3-2-12-5-10(13)4-11-14-6-9(7-15-11)8-16-11/h9-10,12H,2-8H2,1H3. The number of fused-ring (bicyclic) bond motifs is 3. The molecule has 0 spiro atoms. The Morgan fingerprint density at radius 1 is 1.25 bits per heavy atom. The number of hydrogen-bond acceptors (Lipinski definition) is 5. The van der Waals surface area contributed by atoms with E-state index < -0.39 is 5.97 Å². The van der Waals surface area contributed by atoms with Gasteiger partial charge in [0.1, 0.15) is 0 Å². The molecule has 5 nitrogen and oxygen atoms in total. The van der Waals surface area contributed by atoms with Crippen molar-refractivity contribution in [3.63, 3.8) is 0 Å². The fourth-order valence-electron chi connectivity index (χ4n) is 2.56. The van der Waals surface area contributed by atoms with Crippen molar-refractivity contribution in [2.75, 3.05) is 46.5 Å². The average Bonchev–Trinajstić information content (AvgIpc) is 2.34. The zero-order valence-corrected chi connectivity index (χ0v) is 9.78.